The Labute approximate surface area is 302 Å². The van der Waals surface area contributed by atoms with Crippen molar-refractivity contribution in [3.05, 3.63) is 165 Å². The van der Waals surface area contributed by atoms with Gasteiger partial charge in [0.1, 0.15) is 11.2 Å². The molecule has 0 aliphatic heterocycles. The number of anilines is 3. The standard InChI is InChI=1S/C44H27N7S/c1-2-4-41-38(3-1)42-43(49-27-50-44(42)52-41)30-9-15-37(16-10-30)51(35-11-5-28(6-12-35)39-21-31-17-19-45-23-33(31)25-47-39)36-13-7-29(8-14-36)40-22-32-18-20-46-24-34(32)26-48-40/h1-27H. The molecule has 0 aliphatic carbocycles. The highest BCUT2D eigenvalue weighted by molar-refractivity contribution is 7.25. The second kappa shape index (κ2) is 12.5. The fraction of sp³-hybridized carbons (Fsp3) is 0. The molecule has 0 saturated carbocycles. The van der Waals surface area contributed by atoms with Crippen LogP contribution in [-0.4, -0.2) is 29.9 Å². The number of rotatable bonds is 6. The molecule has 0 aliphatic rings. The van der Waals surface area contributed by atoms with Gasteiger partial charge in [0.2, 0.25) is 0 Å². The number of thiophene rings is 1. The van der Waals surface area contributed by atoms with E-state index in [9.17, 15) is 0 Å². The van der Waals surface area contributed by atoms with Crippen LogP contribution in [0, 0.1) is 0 Å². The number of benzene rings is 4. The van der Waals surface area contributed by atoms with Crippen LogP contribution in [0.2, 0.25) is 0 Å². The molecule has 0 bridgehead atoms. The summed E-state index contributed by atoms with van der Waals surface area (Å²) in [5.41, 5.74) is 8.98. The molecule has 7 nitrogen and oxygen atoms in total. The molecule has 10 rings (SSSR count). The molecule has 4 aromatic carbocycles. The van der Waals surface area contributed by atoms with Crippen molar-refractivity contribution in [2.45, 2.75) is 0 Å². The predicted octanol–water partition coefficient (Wildman–Crippen LogP) is 11.2. The molecule has 8 heteroatoms. The molecular formula is C44H27N7S. The Morgan fingerprint density at radius 1 is 0.462 bits per heavy atom. The lowest BCUT2D eigenvalue weighted by molar-refractivity contribution is 1.23. The Bertz CT molecular complexity index is 2780. The minimum Gasteiger partial charge on any atom is -0.311 e. The van der Waals surface area contributed by atoms with E-state index in [2.05, 4.69) is 129 Å². The Kier molecular flexibility index (Phi) is 7.18. The Hall–Kier alpha value is -6.90. The minimum absolute atomic E-state index is 0.918. The van der Waals surface area contributed by atoms with Gasteiger partial charge in [0.15, 0.2) is 0 Å². The summed E-state index contributed by atoms with van der Waals surface area (Å²) in [4.78, 5) is 30.5. The SMILES string of the molecule is c1ccc2c(c1)sc1ncnc(-c3ccc(N(c4ccc(-c5cc6ccncc6cn5)cc4)c4ccc(-c5cc6ccncc6cn5)cc4)cc3)c12. The van der Waals surface area contributed by atoms with Gasteiger partial charge in [-0.3, -0.25) is 19.9 Å². The summed E-state index contributed by atoms with van der Waals surface area (Å²) >= 11 is 1.70. The van der Waals surface area contributed by atoms with Gasteiger partial charge in [0, 0.05) is 97.2 Å². The third kappa shape index (κ3) is 5.30. The molecule has 0 unspecified atom stereocenters. The van der Waals surface area contributed by atoms with Crippen molar-refractivity contribution in [2.75, 3.05) is 4.90 Å². The Morgan fingerprint density at radius 3 is 1.58 bits per heavy atom. The van der Waals surface area contributed by atoms with Crippen molar-refractivity contribution in [1.29, 1.82) is 0 Å². The van der Waals surface area contributed by atoms with Gasteiger partial charge in [-0.05, 0) is 77.5 Å². The first-order valence-corrected chi connectivity index (χ1v) is 17.7. The van der Waals surface area contributed by atoms with Crippen LogP contribution in [0.4, 0.5) is 17.1 Å². The fourth-order valence-electron chi connectivity index (χ4n) is 6.83. The van der Waals surface area contributed by atoms with Gasteiger partial charge in [-0.1, -0.05) is 54.6 Å². The second-order valence-electron chi connectivity index (χ2n) is 12.6. The van der Waals surface area contributed by atoms with E-state index in [-0.39, 0.29) is 0 Å². The molecule has 10 aromatic rings. The first-order chi connectivity index (χ1) is 25.7. The van der Waals surface area contributed by atoms with Gasteiger partial charge >= 0.3 is 0 Å². The van der Waals surface area contributed by atoms with E-state index in [0.717, 1.165) is 82.6 Å². The van der Waals surface area contributed by atoms with Crippen molar-refractivity contribution in [1.82, 2.24) is 29.9 Å². The molecule has 0 radical (unpaired) electrons. The third-order valence-corrected chi connectivity index (χ3v) is 10.5. The fourth-order valence-corrected chi connectivity index (χ4v) is 7.87. The van der Waals surface area contributed by atoms with E-state index in [0.29, 0.717) is 0 Å². The maximum absolute atomic E-state index is 4.77. The number of pyridine rings is 4. The number of nitrogens with zero attached hydrogens (tertiary/aromatic N) is 7. The summed E-state index contributed by atoms with van der Waals surface area (Å²) in [5, 5.41) is 6.54. The first kappa shape index (κ1) is 30.0. The zero-order valence-electron chi connectivity index (χ0n) is 27.6. The number of fused-ring (bicyclic) bond motifs is 5. The van der Waals surface area contributed by atoms with Gasteiger partial charge in [-0.25, -0.2) is 9.97 Å². The number of aromatic nitrogens is 6. The van der Waals surface area contributed by atoms with Crippen molar-refractivity contribution in [2.24, 2.45) is 0 Å². The molecule has 0 saturated heterocycles. The summed E-state index contributed by atoms with van der Waals surface area (Å²) in [6.07, 6.45) is 12.7. The van der Waals surface area contributed by atoms with Crippen LogP contribution in [0.1, 0.15) is 0 Å². The lowest BCUT2D eigenvalue weighted by Crippen LogP contribution is -2.10. The van der Waals surface area contributed by atoms with Crippen molar-refractivity contribution >= 4 is 70.2 Å². The van der Waals surface area contributed by atoms with Gasteiger partial charge in [0.25, 0.3) is 0 Å². The molecule has 6 aromatic heterocycles. The Balaban J connectivity index is 1.04. The summed E-state index contributed by atoms with van der Waals surface area (Å²) in [6.45, 7) is 0. The molecule has 0 atom stereocenters. The summed E-state index contributed by atoms with van der Waals surface area (Å²) in [7, 11) is 0. The van der Waals surface area contributed by atoms with Crippen LogP contribution < -0.4 is 4.90 Å². The maximum atomic E-state index is 4.77. The van der Waals surface area contributed by atoms with E-state index < -0.39 is 0 Å². The molecule has 0 spiro atoms. The lowest BCUT2D eigenvalue weighted by Gasteiger charge is -2.26. The van der Waals surface area contributed by atoms with Crippen LogP contribution >= 0.6 is 11.3 Å². The minimum atomic E-state index is 0.918. The van der Waals surface area contributed by atoms with Crippen molar-refractivity contribution in [3.8, 4) is 33.8 Å². The molecular weight excluding hydrogens is 659 g/mol. The highest BCUT2D eigenvalue weighted by Crippen LogP contribution is 2.40. The highest BCUT2D eigenvalue weighted by Gasteiger charge is 2.17. The molecule has 6 heterocycles. The van der Waals surface area contributed by atoms with Crippen molar-refractivity contribution in [3.63, 3.8) is 0 Å². The zero-order valence-corrected chi connectivity index (χ0v) is 28.4. The van der Waals surface area contributed by atoms with Gasteiger partial charge < -0.3 is 4.90 Å². The normalized spacial score (nSPS) is 11.5. The zero-order chi connectivity index (χ0) is 34.4. The lowest BCUT2D eigenvalue weighted by atomic mass is 10.0. The van der Waals surface area contributed by atoms with E-state index in [1.807, 2.05) is 49.3 Å². The largest absolute Gasteiger partial charge is 0.311 e. The quantitative estimate of drug-likeness (QED) is 0.172. The number of hydrogen-bond acceptors (Lipinski definition) is 8. The molecule has 0 fully saturated rings. The number of hydrogen-bond donors (Lipinski definition) is 0. The van der Waals surface area contributed by atoms with Gasteiger partial charge in [-0.2, -0.15) is 0 Å². The highest BCUT2D eigenvalue weighted by atomic mass is 32.1. The summed E-state index contributed by atoms with van der Waals surface area (Å²) < 4.78 is 1.21. The van der Waals surface area contributed by atoms with Gasteiger partial charge in [-0.15, -0.1) is 11.3 Å². The summed E-state index contributed by atoms with van der Waals surface area (Å²) in [5.74, 6) is 0. The molecule has 52 heavy (non-hydrogen) atoms. The molecule has 0 amide bonds. The van der Waals surface area contributed by atoms with Crippen LogP contribution in [0.3, 0.4) is 0 Å². The first-order valence-electron chi connectivity index (χ1n) is 16.9. The second-order valence-corrected chi connectivity index (χ2v) is 13.6. The maximum Gasteiger partial charge on any atom is 0.128 e. The summed E-state index contributed by atoms with van der Waals surface area (Å²) in [6, 6.07) is 42.5. The van der Waals surface area contributed by atoms with E-state index in [1.165, 1.54) is 10.1 Å². The topological polar surface area (TPSA) is 80.6 Å². The van der Waals surface area contributed by atoms with Crippen LogP contribution in [-0.2, 0) is 0 Å². The van der Waals surface area contributed by atoms with E-state index >= 15 is 0 Å². The third-order valence-electron chi connectivity index (χ3n) is 9.46. The molecule has 0 N–H and O–H groups in total. The average molecular weight is 686 g/mol. The Morgan fingerprint density at radius 2 is 1.00 bits per heavy atom. The van der Waals surface area contributed by atoms with Gasteiger partial charge in [0.05, 0.1) is 17.1 Å². The predicted molar refractivity (Wildman–Crippen MR) is 212 cm³/mol. The monoisotopic (exact) mass is 685 g/mol. The average Bonchev–Trinajstić information content (AvgIpc) is 3.61. The molecule has 244 valence electrons. The van der Waals surface area contributed by atoms with Crippen LogP contribution in [0.25, 0.3) is 75.6 Å². The van der Waals surface area contributed by atoms with Crippen LogP contribution in [0.15, 0.2) is 165 Å². The van der Waals surface area contributed by atoms with Crippen molar-refractivity contribution < 1.29 is 0 Å². The van der Waals surface area contributed by atoms with Crippen LogP contribution in [0.5, 0.6) is 0 Å². The smallest absolute Gasteiger partial charge is 0.128 e. The van der Waals surface area contributed by atoms with E-state index in [4.69, 9.17) is 15.0 Å². The van der Waals surface area contributed by atoms with E-state index in [1.54, 1.807) is 17.7 Å².